The number of hydrogen-bond acceptors (Lipinski definition) is 3. The lowest BCUT2D eigenvalue weighted by Gasteiger charge is -2.52. The molecule has 35 heavy (non-hydrogen) atoms. The number of amides is 1. The first-order chi connectivity index (χ1) is 16.4. The first kappa shape index (κ1) is 27.7. The van der Waals surface area contributed by atoms with Gasteiger partial charge in [0.15, 0.2) is 0 Å². The van der Waals surface area contributed by atoms with Gasteiger partial charge in [-0.25, -0.2) is 12.7 Å². The highest BCUT2D eigenvalue weighted by atomic mass is 35.5. The van der Waals surface area contributed by atoms with Crippen molar-refractivity contribution in [1.82, 2.24) is 9.21 Å². The monoisotopic (exact) mass is 536 g/mol. The molecule has 1 unspecified atom stereocenters. The van der Waals surface area contributed by atoms with Crippen LogP contribution in [0.15, 0.2) is 61.2 Å². The van der Waals surface area contributed by atoms with Crippen LogP contribution in [0.5, 0.6) is 0 Å². The van der Waals surface area contributed by atoms with E-state index in [-0.39, 0.29) is 30.5 Å². The molecule has 1 fully saturated rings. The zero-order valence-electron chi connectivity index (χ0n) is 20.7. The second-order valence-electron chi connectivity index (χ2n) is 9.73. The molecule has 1 aliphatic heterocycles. The zero-order valence-corrected chi connectivity index (χ0v) is 23.1. The number of carbonyl (C=O) groups excluding carboxylic acids is 1. The number of likely N-dealkylation sites (N-methyl/N-ethyl adjacent to an activating group) is 1. The molecular formula is C27H34Cl2N2O3S. The van der Waals surface area contributed by atoms with E-state index in [0.717, 1.165) is 11.1 Å². The standard InChI is InChI=1S/C27H34Cl2N2O3S/c1-6-15-27(3)17-24(20-9-8-10-22(29)16-20)25(19-11-13-21(28)14-12-19)31(26(27)32)23(7-2)18-30(4)35(5,33)34/h6,8-14,16,23-25H,1,7,15,17-18H2,2-5H3/t23?,24-,25-,27+/m1/s1. The van der Waals surface area contributed by atoms with Gasteiger partial charge in [-0.3, -0.25) is 4.79 Å². The Bertz CT molecular complexity index is 1170. The highest BCUT2D eigenvalue weighted by molar-refractivity contribution is 7.88. The number of hydrogen-bond donors (Lipinski definition) is 0. The van der Waals surface area contributed by atoms with Crippen LogP contribution in [0.1, 0.15) is 56.2 Å². The topological polar surface area (TPSA) is 57.7 Å². The smallest absolute Gasteiger partial charge is 0.229 e. The van der Waals surface area contributed by atoms with Gasteiger partial charge in [0.2, 0.25) is 15.9 Å². The molecule has 3 rings (SSSR count). The molecule has 2 aromatic rings. The van der Waals surface area contributed by atoms with Crippen molar-refractivity contribution in [2.45, 2.75) is 51.1 Å². The maximum atomic E-state index is 14.2. The van der Waals surface area contributed by atoms with Crippen molar-refractivity contribution < 1.29 is 13.2 Å². The van der Waals surface area contributed by atoms with Crippen LogP contribution in [-0.4, -0.2) is 49.4 Å². The molecule has 0 spiro atoms. The quantitative estimate of drug-likeness (QED) is 0.353. The molecular weight excluding hydrogens is 503 g/mol. The van der Waals surface area contributed by atoms with Crippen LogP contribution in [0.2, 0.25) is 10.0 Å². The van der Waals surface area contributed by atoms with E-state index in [0.29, 0.717) is 29.3 Å². The summed E-state index contributed by atoms with van der Waals surface area (Å²) in [5, 5.41) is 1.25. The van der Waals surface area contributed by atoms with Crippen LogP contribution in [0.4, 0.5) is 0 Å². The van der Waals surface area contributed by atoms with Gasteiger partial charge in [-0.1, -0.05) is 67.4 Å². The van der Waals surface area contributed by atoms with Crippen molar-refractivity contribution in [1.29, 1.82) is 0 Å². The summed E-state index contributed by atoms with van der Waals surface area (Å²) in [4.78, 5) is 16.1. The van der Waals surface area contributed by atoms with Crippen molar-refractivity contribution in [3.63, 3.8) is 0 Å². The van der Waals surface area contributed by atoms with Gasteiger partial charge >= 0.3 is 0 Å². The van der Waals surface area contributed by atoms with Crippen LogP contribution in [0, 0.1) is 5.41 Å². The van der Waals surface area contributed by atoms with E-state index in [4.69, 9.17) is 23.2 Å². The molecule has 5 nitrogen and oxygen atoms in total. The van der Waals surface area contributed by atoms with Gasteiger partial charge < -0.3 is 4.90 Å². The molecule has 8 heteroatoms. The Balaban J connectivity index is 2.23. The lowest BCUT2D eigenvalue weighted by Crippen LogP contribution is -2.57. The van der Waals surface area contributed by atoms with Crippen molar-refractivity contribution >= 4 is 39.1 Å². The molecule has 1 aliphatic rings. The molecule has 1 heterocycles. The van der Waals surface area contributed by atoms with E-state index < -0.39 is 15.4 Å². The fraction of sp³-hybridized carbons (Fsp3) is 0.444. The first-order valence-electron chi connectivity index (χ1n) is 11.8. The van der Waals surface area contributed by atoms with Crippen molar-refractivity contribution in [2.24, 2.45) is 5.41 Å². The Hall–Kier alpha value is -1.86. The lowest BCUT2D eigenvalue weighted by atomic mass is 9.67. The number of rotatable bonds is 9. The summed E-state index contributed by atoms with van der Waals surface area (Å²) in [6.07, 6.45) is 4.70. The Morgan fingerprint density at radius 3 is 2.37 bits per heavy atom. The molecule has 0 bridgehead atoms. The molecule has 0 N–H and O–H groups in total. The average molecular weight is 538 g/mol. The number of allylic oxidation sites excluding steroid dienone is 1. The zero-order chi connectivity index (χ0) is 26.0. The fourth-order valence-corrected chi connectivity index (χ4v) is 5.90. The van der Waals surface area contributed by atoms with Crippen molar-refractivity contribution in [3.8, 4) is 0 Å². The van der Waals surface area contributed by atoms with Gasteiger partial charge in [0.05, 0.1) is 17.7 Å². The van der Waals surface area contributed by atoms with Gasteiger partial charge in [-0.15, -0.1) is 6.58 Å². The Labute approximate surface area is 219 Å². The molecule has 4 atom stereocenters. The highest BCUT2D eigenvalue weighted by Crippen LogP contribution is 2.52. The predicted molar refractivity (Wildman–Crippen MR) is 144 cm³/mol. The Kier molecular flexibility index (Phi) is 8.74. The minimum Gasteiger partial charge on any atom is -0.330 e. The molecule has 0 radical (unpaired) electrons. The minimum absolute atomic E-state index is 0.00405. The van der Waals surface area contributed by atoms with Gasteiger partial charge in [0.25, 0.3) is 0 Å². The molecule has 1 amide bonds. The fourth-order valence-electron chi connectivity index (χ4n) is 5.13. The van der Waals surface area contributed by atoms with E-state index in [2.05, 4.69) is 6.58 Å². The van der Waals surface area contributed by atoms with E-state index in [9.17, 15) is 13.2 Å². The average Bonchev–Trinajstić information content (AvgIpc) is 2.79. The number of benzene rings is 2. The number of likely N-dealkylation sites (tertiary alicyclic amines) is 1. The van der Waals surface area contributed by atoms with Crippen molar-refractivity contribution in [2.75, 3.05) is 19.8 Å². The molecule has 190 valence electrons. The summed E-state index contributed by atoms with van der Waals surface area (Å²) in [6, 6.07) is 14.7. The largest absolute Gasteiger partial charge is 0.330 e. The van der Waals surface area contributed by atoms with Gasteiger partial charge in [0.1, 0.15) is 0 Å². The molecule has 1 saturated heterocycles. The first-order valence-corrected chi connectivity index (χ1v) is 14.4. The van der Waals surface area contributed by atoms with Crippen LogP contribution in [0.3, 0.4) is 0 Å². The third-order valence-corrected chi connectivity index (χ3v) is 8.85. The van der Waals surface area contributed by atoms with Gasteiger partial charge in [-0.2, -0.15) is 0 Å². The number of sulfonamides is 1. The number of carbonyl (C=O) groups is 1. The molecule has 0 aliphatic carbocycles. The van der Waals surface area contributed by atoms with Gasteiger partial charge in [0, 0.05) is 35.6 Å². The van der Waals surface area contributed by atoms with E-state index >= 15 is 0 Å². The summed E-state index contributed by atoms with van der Waals surface area (Å²) < 4.78 is 25.9. The maximum absolute atomic E-state index is 14.2. The Morgan fingerprint density at radius 2 is 1.83 bits per heavy atom. The molecule has 0 saturated carbocycles. The normalized spacial score (nSPS) is 24.0. The summed E-state index contributed by atoms with van der Waals surface area (Å²) in [7, 11) is -1.86. The predicted octanol–water partition coefficient (Wildman–Crippen LogP) is 6.30. The second-order valence-corrected chi connectivity index (χ2v) is 12.7. The van der Waals surface area contributed by atoms with Crippen LogP contribution in [-0.2, 0) is 14.8 Å². The molecule has 2 aromatic carbocycles. The summed E-state index contributed by atoms with van der Waals surface area (Å²) in [6.45, 7) is 8.08. The van der Waals surface area contributed by atoms with E-state index in [1.54, 1.807) is 13.1 Å². The summed E-state index contributed by atoms with van der Waals surface area (Å²) in [5.74, 6) is -0.0560. The Morgan fingerprint density at radius 1 is 1.17 bits per heavy atom. The minimum atomic E-state index is -3.42. The molecule has 0 aromatic heterocycles. The maximum Gasteiger partial charge on any atom is 0.229 e. The van der Waals surface area contributed by atoms with E-state index in [1.807, 2.05) is 67.3 Å². The third-order valence-electron chi connectivity index (χ3n) is 7.08. The number of nitrogens with zero attached hydrogens (tertiary/aromatic N) is 2. The van der Waals surface area contributed by atoms with Crippen LogP contribution < -0.4 is 0 Å². The second kappa shape index (κ2) is 11.0. The lowest BCUT2D eigenvalue weighted by molar-refractivity contribution is -0.154. The number of piperidine rings is 1. The van der Waals surface area contributed by atoms with Gasteiger partial charge in [-0.05, 0) is 54.7 Å². The summed E-state index contributed by atoms with van der Waals surface area (Å²) in [5.41, 5.74) is 1.31. The van der Waals surface area contributed by atoms with Crippen molar-refractivity contribution in [3.05, 3.63) is 82.4 Å². The third kappa shape index (κ3) is 6.11. The summed E-state index contributed by atoms with van der Waals surface area (Å²) >= 11 is 12.6. The highest BCUT2D eigenvalue weighted by Gasteiger charge is 2.51. The van der Waals surface area contributed by atoms with E-state index in [1.165, 1.54) is 10.6 Å². The SMILES string of the molecule is C=CC[C@@]1(C)C[C@H](c2cccc(Cl)c2)[C@@H](c2ccc(Cl)cc2)N(C(CC)CN(C)S(C)(=O)=O)C1=O. The number of halogens is 2. The van der Waals surface area contributed by atoms with Crippen LogP contribution >= 0.6 is 23.2 Å². The van der Waals surface area contributed by atoms with Crippen LogP contribution in [0.25, 0.3) is 0 Å².